The Labute approximate surface area is 226 Å². The highest BCUT2D eigenvalue weighted by molar-refractivity contribution is 5.83. The molecule has 0 rings (SSSR count). The van der Waals surface area contributed by atoms with E-state index in [0.717, 1.165) is 0 Å². The third-order valence-corrected chi connectivity index (χ3v) is 4.84. The summed E-state index contributed by atoms with van der Waals surface area (Å²) >= 11 is 0. The van der Waals surface area contributed by atoms with Crippen LogP contribution in [-0.4, -0.2) is 91.8 Å². The maximum absolute atomic E-state index is 13.7. The van der Waals surface area contributed by atoms with Crippen LogP contribution in [0.15, 0.2) is 0 Å². The lowest BCUT2D eigenvalue weighted by Crippen LogP contribution is -2.61. The normalized spacial score (nSPS) is 15.1. The largest absolute Gasteiger partial charge is 0.462 e. The topological polar surface area (TPSA) is 78.9 Å². The molecule has 0 bridgehead atoms. The third-order valence-electron chi connectivity index (χ3n) is 4.84. The quantitative estimate of drug-likeness (QED) is 0.163. The average Bonchev–Trinajstić information content (AvgIpc) is 2.78. The van der Waals surface area contributed by atoms with Crippen molar-refractivity contribution < 1.29 is 121 Å². The summed E-state index contributed by atoms with van der Waals surface area (Å²) in [5, 5.41) is 0. The minimum Gasteiger partial charge on any atom is -0.462 e. The second-order valence-electron chi connectivity index (χ2n) is 8.50. The van der Waals surface area contributed by atoms with Gasteiger partial charge in [-0.25, -0.2) is 27.6 Å². The van der Waals surface area contributed by atoms with Crippen molar-refractivity contribution in [1.29, 1.82) is 0 Å². The first-order valence-corrected chi connectivity index (χ1v) is 9.87. The molecule has 0 saturated carbocycles. The smallest absolute Gasteiger partial charge is 0.442 e. The van der Waals surface area contributed by atoms with Crippen LogP contribution < -0.4 is 0 Å². The molecule has 0 N–H and O–H groups in total. The molecule has 0 radical (unpaired) electrons. The van der Waals surface area contributed by atoms with E-state index in [0.29, 0.717) is 0 Å². The van der Waals surface area contributed by atoms with E-state index in [1.165, 1.54) is 0 Å². The van der Waals surface area contributed by atoms with E-state index in [2.05, 4.69) is 14.2 Å². The number of hydrogen-bond acceptors (Lipinski definition) is 6. The van der Waals surface area contributed by atoms with Crippen molar-refractivity contribution in [2.75, 3.05) is 19.8 Å². The molecule has 0 aliphatic rings. The van der Waals surface area contributed by atoms with Gasteiger partial charge >= 0.3 is 72.0 Å². The Kier molecular flexibility index (Phi) is 10.9. The molecule has 6 nitrogen and oxygen atoms in total. The molecule has 260 valence electrons. The van der Waals surface area contributed by atoms with Crippen molar-refractivity contribution in [1.82, 2.24) is 0 Å². The van der Waals surface area contributed by atoms with Gasteiger partial charge < -0.3 is 14.2 Å². The Balaban J connectivity index is 6.65. The second-order valence-corrected chi connectivity index (χ2v) is 8.50. The van der Waals surface area contributed by atoms with Crippen molar-refractivity contribution in [3.8, 4) is 0 Å². The Morgan fingerprint density at radius 2 is 0.500 bits per heavy atom. The lowest BCUT2D eigenvalue weighted by atomic mass is 9.93. The fraction of sp³-hybridized carbons (Fsp3) is 0.824. The maximum Gasteiger partial charge on any atom is 0.442 e. The first kappa shape index (κ1) is 40.9. The van der Waals surface area contributed by atoms with Gasteiger partial charge in [0.05, 0.1) is 5.41 Å². The van der Waals surface area contributed by atoms with E-state index in [1.807, 2.05) is 0 Å². The highest BCUT2D eigenvalue weighted by Crippen LogP contribution is 2.50. The Hall–Kier alpha value is -3.06. The predicted octanol–water partition coefficient (Wildman–Crippen LogP) is 6.12. The zero-order chi connectivity index (χ0) is 36.0. The Bertz CT molecular complexity index is 887. The van der Waals surface area contributed by atoms with Gasteiger partial charge in [0, 0.05) is 0 Å². The molecule has 0 unspecified atom stereocenters. The highest BCUT2D eigenvalue weighted by Gasteiger charge is 2.81. The van der Waals surface area contributed by atoms with Gasteiger partial charge in [-0.1, -0.05) is 0 Å². The van der Waals surface area contributed by atoms with E-state index >= 15 is 0 Å². The SMILES string of the molecule is CC(COC(=O)C(F)(C(F)(F)F)C(F)(F)F)(COC(=O)C(F)(C(F)(F)F)C(F)(F)F)COC(=O)C(F)(C(F)(F)F)C(F)(F)F. The number of rotatable bonds is 9. The van der Waals surface area contributed by atoms with E-state index in [-0.39, 0.29) is 6.92 Å². The molecular weight excluding hydrogens is 699 g/mol. The number of halogens is 21. The van der Waals surface area contributed by atoms with Crippen LogP contribution in [0.2, 0.25) is 0 Å². The van der Waals surface area contributed by atoms with Gasteiger partial charge in [-0.2, -0.15) is 79.0 Å². The number of carbonyl (C=O) groups excluding carboxylic acids is 3. The fourth-order valence-corrected chi connectivity index (χ4v) is 2.32. The molecule has 0 atom stereocenters. The van der Waals surface area contributed by atoms with Gasteiger partial charge in [0.25, 0.3) is 0 Å². The minimum absolute atomic E-state index is 0.204. The van der Waals surface area contributed by atoms with Crippen LogP contribution in [0.3, 0.4) is 0 Å². The summed E-state index contributed by atoms with van der Waals surface area (Å²) in [7, 11) is 0. The van der Waals surface area contributed by atoms with Gasteiger partial charge in [-0.15, -0.1) is 0 Å². The number of carbonyl (C=O) groups is 3. The first-order chi connectivity index (χ1) is 18.9. The molecule has 27 heteroatoms. The summed E-state index contributed by atoms with van der Waals surface area (Å²) < 4.78 is 278. The monoisotopic (exact) mass is 708 g/mol. The van der Waals surface area contributed by atoms with E-state index in [1.54, 1.807) is 0 Å². The molecule has 0 aromatic heterocycles. The van der Waals surface area contributed by atoms with E-state index in [9.17, 15) is 107 Å². The molecule has 0 amide bonds. The lowest BCUT2D eigenvalue weighted by Gasteiger charge is -2.34. The average molecular weight is 708 g/mol. The second kappa shape index (κ2) is 11.7. The summed E-state index contributed by atoms with van der Waals surface area (Å²) in [6.45, 7) is -8.25. The van der Waals surface area contributed by atoms with Crippen LogP contribution in [0.25, 0.3) is 0 Å². The molecule has 0 aromatic carbocycles. The molecule has 0 spiro atoms. The Morgan fingerprint density at radius 3 is 0.614 bits per heavy atom. The molecular formula is C17H9F21O6. The summed E-state index contributed by atoms with van der Waals surface area (Å²) in [6.07, 6.45) is -43.7. The summed E-state index contributed by atoms with van der Waals surface area (Å²) in [4.78, 5) is 34.1. The molecule has 0 aromatic rings. The number of ether oxygens (including phenoxy) is 3. The van der Waals surface area contributed by atoms with Crippen molar-refractivity contribution in [3.63, 3.8) is 0 Å². The zero-order valence-corrected chi connectivity index (χ0v) is 20.0. The summed E-state index contributed by atoms with van der Waals surface area (Å²) in [5.41, 5.74) is -24.8. The highest BCUT2D eigenvalue weighted by atomic mass is 19.4. The van der Waals surface area contributed by atoms with Crippen LogP contribution in [-0.2, 0) is 28.6 Å². The molecule has 0 aliphatic heterocycles. The Morgan fingerprint density at radius 1 is 0.364 bits per heavy atom. The zero-order valence-electron chi connectivity index (χ0n) is 20.0. The van der Waals surface area contributed by atoms with Crippen molar-refractivity contribution in [2.45, 2.75) is 61.0 Å². The lowest BCUT2D eigenvalue weighted by molar-refractivity contribution is -0.333. The third kappa shape index (κ3) is 7.42. The fourth-order valence-electron chi connectivity index (χ4n) is 2.32. The first-order valence-electron chi connectivity index (χ1n) is 9.87. The van der Waals surface area contributed by atoms with Gasteiger partial charge in [-0.3, -0.25) is 0 Å². The predicted molar refractivity (Wildman–Crippen MR) is 88.8 cm³/mol. The molecule has 0 saturated heterocycles. The summed E-state index contributed by atoms with van der Waals surface area (Å²) in [5.74, 6) is -12.3. The standard InChI is InChI=1S/C17H9F21O6/c1-8(2-42-5(39)9(18,12(21,22)23)13(24,25)26,3-43-6(40)10(19,14(27,28)29)15(30,31)32)4-44-7(41)11(20,16(33,34)35)17(36,37)38/h2-4H2,1H3. The van der Waals surface area contributed by atoms with Crippen molar-refractivity contribution >= 4 is 17.9 Å². The van der Waals surface area contributed by atoms with Crippen LogP contribution in [0.5, 0.6) is 0 Å². The van der Waals surface area contributed by atoms with E-state index < -0.39 is 97.2 Å². The number of esters is 3. The minimum atomic E-state index is -7.28. The van der Waals surface area contributed by atoms with Gasteiger partial charge in [0.1, 0.15) is 19.8 Å². The number of hydrogen-bond donors (Lipinski definition) is 0. The summed E-state index contributed by atoms with van der Waals surface area (Å²) in [6, 6.07) is 0. The molecule has 0 aliphatic carbocycles. The number of alkyl halides is 21. The van der Waals surface area contributed by atoms with Gasteiger partial charge in [0.2, 0.25) is 0 Å². The van der Waals surface area contributed by atoms with Crippen molar-refractivity contribution in [3.05, 3.63) is 0 Å². The van der Waals surface area contributed by atoms with Crippen molar-refractivity contribution in [2.24, 2.45) is 5.41 Å². The molecule has 0 fully saturated rings. The van der Waals surface area contributed by atoms with Gasteiger partial charge in [-0.05, 0) is 6.92 Å². The molecule has 0 heterocycles. The van der Waals surface area contributed by atoms with E-state index in [4.69, 9.17) is 0 Å². The van der Waals surface area contributed by atoms with Crippen LogP contribution >= 0.6 is 0 Å². The van der Waals surface area contributed by atoms with Gasteiger partial charge in [0.15, 0.2) is 0 Å². The van der Waals surface area contributed by atoms with Crippen LogP contribution in [0.1, 0.15) is 6.92 Å². The van der Waals surface area contributed by atoms with Crippen LogP contribution in [0.4, 0.5) is 92.2 Å². The maximum atomic E-state index is 13.7. The molecule has 44 heavy (non-hydrogen) atoms. The van der Waals surface area contributed by atoms with Crippen LogP contribution in [0, 0.1) is 5.41 Å².